The maximum Gasteiger partial charge on any atom is 0.306 e. The molecular formula is C58H88O6. The first-order valence-corrected chi connectivity index (χ1v) is 24.8. The summed E-state index contributed by atoms with van der Waals surface area (Å²) in [5.41, 5.74) is 0. The molecule has 1 unspecified atom stereocenters. The Morgan fingerprint density at radius 1 is 0.328 bits per heavy atom. The van der Waals surface area contributed by atoms with Crippen LogP contribution in [0.4, 0.5) is 0 Å². The van der Waals surface area contributed by atoms with E-state index in [4.69, 9.17) is 14.2 Å². The first-order chi connectivity index (χ1) is 31.5. The van der Waals surface area contributed by atoms with Crippen molar-refractivity contribution in [3.8, 4) is 0 Å². The molecule has 0 saturated heterocycles. The first-order valence-electron chi connectivity index (χ1n) is 24.8. The maximum absolute atomic E-state index is 12.7. The molecule has 1 atom stereocenters. The van der Waals surface area contributed by atoms with Gasteiger partial charge in [0, 0.05) is 19.3 Å². The normalized spacial score (nSPS) is 13.4. The zero-order valence-corrected chi connectivity index (χ0v) is 40.5. The number of hydrogen-bond donors (Lipinski definition) is 0. The Morgan fingerprint density at radius 3 is 1.05 bits per heavy atom. The number of esters is 3. The molecule has 0 amide bonds. The van der Waals surface area contributed by atoms with E-state index < -0.39 is 12.1 Å². The summed E-state index contributed by atoms with van der Waals surface area (Å²) in [6.45, 7) is 6.20. The number of rotatable bonds is 42. The topological polar surface area (TPSA) is 78.9 Å². The number of unbranched alkanes of at least 4 members (excludes halogenated alkanes) is 7. The molecule has 0 aliphatic heterocycles. The lowest BCUT2D eigenvalue weighted by molar-refractivity contribution is -0.166. The largest absolute Gasteiger partial charge is 0.462 e. The van der Waals surface area contributed by atoms with Gasteiger partial charge in [-0.1, -0.05) is 199 Å². The van der Waals surface area contributed by atoms with Gasteiger partial charge in [-0.05, 0) is 109 Å². The molecule has 6 nitrogen and oxygen atoms in total. The van der Waals surface area contributed by atoms with Crippen LogP contribution in [0.5, 0.6) is 0 Å². The van der Waals surface area contributed by atoms with Gasteiger partial charge >= 0.3 is 17.9 Å². The zero-order chi connectivity index (χ0) is 46.5. The first kappa shape index (κ1) is 59.3. The fraction of sp³-hybridized carbons (Fsp3) is 0.534. The van der Waals surface area contributed by atoms with Gasteiger partial charge in [0.05, 0.1) is 0 Å². The number of carbonyl (C=O) groups excluding carboxylic acids is 3. The van der Waals surface area contributed by atoms with Gasteiger partial charge in [-0.3, -0.25) is 14.4 Å². The summed E-state index contributed by atoms with van der Waals surface area (Å²) >= 11 is 0. The molecule has 0 rings (SSSR count). The molecule has 0 aromatic rings. The Morgan fingerprint density at radius 2 is 0.641 bits per heavy atom. The molecule has 0 aromatic heterocycles. The highest BCUT2D eigenvalue weighted by atomic mass is 16.6. The third kappa shape index (κ3) is 48.3. The fourth-order valence-electron chi connectivity index (χ4n) is 5.93. The Balaban J connectivity index is 4.69. The summed E-state index contributed by atoms with van der Waals surface area (Å²) < 4.78 is 16.6. The Labute approximate surface area is 391 Å². The van der Waals surface area contributed by atoms with Crippen LogP contribution in [0.2, 0.25) is 0 Å². The van der Waals surface area contributed by atoms with E-state index in [9.17, 15) is 14.4 Å². The summed E-state index contributed by atoms with van der Waals surface area (Å²) in [7, 11) is 0. The van der Waals surface area contributed by atoms with Crippen molar-refractivity contribution in [2.75, 3.05) is 13.2 Å². The molecule has 0 fully saturated rings. The van der Waals surface area contributed by atoms with Gasteiger partial charge in [0.2, 0.25) is 0 Å². The second-order valence-electron chi connectivity index (χ2n) is 15.6. The predicted octanol–water partition coefficient (Wildman–Crippen LogP) is 16.5. The molecule has 0 spiro atoms. The molecule has 0 radical (unpaired) electrons. The van der Waals surface area contributed by atoms with E-state index in [2.05, 4.69) is 148 Å². The van der Waals surface area contributed by atoms with Gasteiger partial charge in [0.25, 0.3) is 0 Å². The monoisotopic (exact) mass is 881 g/mol. The van der Waals surface area contributed by atoms with Crippen molar-refractivity contribution in [3.05, 3.63) is 146 Å². The van der Waals surface area contributed by atoms with Gasteiger partial charge in [0.15, 0.2) is 6.10 Å². The smallest absolute Gasteiger partial charge is 0.306 e. The maximum atomic E-state index is 12.7. The van der Waals surface area contributed by atoms with Gasteiger partial charge in [-0.2, -0.15) is 0 Å². The molecule has 0 aliphatic rings. The highest BCUT2D eigenvalue weighted by Crippen LogP contribution is 2.09. The van der Waals surface area contributed by atoms with Crippen LogP contribution >= 0.6 is 0 Å². The molecule has 0 N–H and O–H groups in total. The summed E-state index contributed by atoms with van der Waals surface area (Å²) in [4.78, 5) is 37.8. The Bertz CT molecular complexity index is 1480. The molecule has 0 saturated carbocycles. The van der Waals surface area contributed by atoms with Crippen molar-refractivity contribution in [2.24, 2.45) is 0 Å². The minimum Gasteiger partial charge on any atom is -0.462 e. The van der Waals surface area contributed by atoms with E-state index in [0.717, 1.165) is 83.5 Å². The van der Waals surface area contributed by atoms with E-state index in [-0.39, 0.29) is 44.4 Å². The van der Waals surface area contributed by atoms with Crippen LogP contribution in [0.25, 0.3) is 0 Å². The lowest BCUT2D eigenvalue weighted by Gasteiger charge is -2.18. The summed E-state index contributed by atoms with van der Waals surface area (Å²) in [6.07, 6.45) is 72.9. The van der Waals surface area contributed by atoms with Gasteiger partial charge in [0.1, 0.15) is 13.2 Å². The highest BCUT2D eigenvalue weighted by Gasteiger charge is 2.19. The zero-order valence-electron chi connectivity index (χ0n) is 40.5. The van der Waals surface area contributed by atoms with Crippen LogP contribution in [-0.2, 0) is 28.6 Å². The number of ether oxygens (including phenoxy) is 3. The van der Waals surface area contributed by atoms with Crippen LogP contribution in [0, 0.1) is 0 Å². The van der Waals surface area contributed by atoms with Crippen molar-refractivity contribution in [2.45, 2.75) is 187 Å². The molecule has 356 valence electrons. The average Bonchev–Trinajstić information content (AvgIpc) is 3.29. The highest BCUT2D eigenvalue weighted by molar-refractivity contribution is 5.71. The molecule has 0 bridgehead atoms. The quantitative estimate of drug-likeness (QED) is 0.0263. The third-order valence-corrected chi connectivity index (χ3v) is 9.59. The van der Waals surface area contributed by atoms with E-state index in [1.807, 2.05) is 18.2 Å². The molecule has 64 heavy (non-hydrogen) atoms. The minimum absolute atomic E-state index is 0.161. The second-order valence-corrected chi connectivity index (χ2v) is 15.6. The summed E-state index contributed by atoms with van der Waals surface area (Å²) in [6, 6.07) is 0. The standard InChI is InChI=1S/C58H88O6/c1-4-7-10-13-16-19-22-25-27-29-31-33-36-39-42-45-48-51-57(60)63-54-55(53-62-56(59)50-47-44-41-38-35-32-24-21-18-15-12-9-6-3)64-58(61)52-49-46-43-40-37-34-30-28-26-23-20-17-14-11-8-5-2/h7-8,10-11,16-17,19-20,25-28,31-35,37,39,41-44,46,55H,4-6,9,12-15,18,21-24,29-30,36,38,40,45,47-54H2,1-3H3/b10-7+,11-8+,19-16+,20-17+,27-25+,28-26+,33-31+,35-32+,37-34+,42-39+,44-41+,46-43+. The fourth-order valence-corrected chi connectivity index (χ4v) is 5.93. The molecule has 6 heteroatoms. The van der Waals surface area contributed by atoms with Crippen molar-refractivity contribution < 1.29 is 28.6 Å². The molecular weight excluding hydrogens is 793 g/mol. The van der Waals surface area contributed by atoms with Crippen LogP contribution in [0.3, 0.4) is 0 Å². The predicted molar refractivity (Wildman–Crippen MR) is 274 cm³/mol. The van der Waals surface area contributed by atoms with Crippen LogP contribution < -0.4 is 0 Å². The number of allylic oxidation sites excluding steroid dienone is 24. The van der Waals surface area contributed by atoms with E-state index in [0.29, 0.717) is 19.3 Å². The van der Waals surface area contributed by atoms with Gasteiger partial charge < -0.3 is 14.2 Å². The average molecular weight is 881 g/mol. The van der Waals surface area contributed by atoms with Crippen molar-refractivity contribution in [3.63, 3.8) is 0 Å². The molecule has 0 aliphatic carbocycles. The Kier molecular flexibility index (Phi) is 47.2. The number of carbonyl (C=O) groups is 3. The molecule has 0 aromatic carbocycles. The molecule has 0 heterocycles. The lowest BCUT2D eigenvalue weighted by atomic mass is 10.1. The van der Waals surface area contributed by atoms with E-state index in [1.165, 1.54) is 38.5 Å². The van der Waals surface area contributed by atoms with Crippen molar-refractivity contribution >= 4 is 17.9 Å². The summed E-state index contributed by atoms with van der Waals surface area (Å²) in [5, 5.41) is 0. The van der Waals surface area contributed by atoms with Crippen LogP contribution in [0.1, 0.15) is 181 Å². The minimum atomic E-state index is -0.868. The van der Waals surface area contributed by atoms with Crippen molar-refractivity contribution in [1.29, 1.82) is 0 Å². The summed E-state index contributed by atoms with van der Waals surface area (Å²) in [5.74, 6) is -1.18. The van der Waals surface area contributed by atoms with Crippen LogP contribution in [0.15, 0.2) is 146 Å². The van der Waals surface area contributed by atoms with Crippen molar-refractivity contribution in [1.82, 2.24) is 0 Å². The second kappa shape index (κ2) is 50.9. The number of hydrogen-bond acceptors (Lipinski definition) is 6. The van der Waals surface area contributed by atoms with Crippen LogP contribution in [-0.4, -0.2) is 37.2 Å². The lowest BCUT2D eigenvalue weighted by Crippen LogP contribution is -2.30. The third-order valence-electron chi connectivity index (χ3n) is 9.59. The van der Waals surface area contributed by atoms with Gasteiger partial charge in [-0.25, -0.2) is 0 Å². The van der Waals surface area contributed by atoms with E-state index >= 15 is 0 Å². The van der Waals surface area contributed by atoms with E-state index in [1.54, 1.807) is 0 Å². The Hall–Kier alpha value is -4.71. The van der Waals surface area contributed by atoms with Gasteiger partial charge in [-0.15, -0.1) is 0 Å². The SMILES string of the molecule is CC/C=C/C/C=C/C/C=C/C/C=C/C/C=C/CCCC(=O)OCC(COC(=O)CC/C=C/C/C=C/CCCCCCCC)OC(=O)CC/C=C/C/C=C/C/C=C/C/C=C/C/C=C/CC.